The fraction of sp³-hybridized carbons (Fsp3) is 0.346. The van der Waals surface area contributed by atoms with Gasteiger partial charge in [-0.05, 0) is 44.7 Å². The van der Waals surface area contributed by atoms with Crippen LogP contribution in [0.5, 0.6) is 5.75 Å². The Hall–Kier alpha value is -3.19. The number of ether oxygens (including phenoxy) is 1. The van der Waals surface area contributed by atoms with Gasteiger partial charge in [0.05, 0.1) is 18.1 Å². The van der Waals surface area contributed by atoms with E-state index in [4.69, 9.17) is 9.73 Å². The summed E-state index contributed by atoms with van der Waals surface area (Å²) in [5.41, 5.74) is 4.34. The first kappa shape index (κ1) is 20.1. The molecule has 1 aliphatic heterocycles. The quantitative estimate of drug-likeness (QED) is 0.676. The summed E-state index contributed by atoms with van der Waals surface area (Å²) in [6, 6.07) is 20.3. The number of carbonyl (C=O) groups excluding carboxylic acids is 1. The lowest BCUT2D eigenvalue weighted by Gasteiger charge is -2.35. The number of nitriles is 1. The largest absolute Gasteiger partial charge is 0.491 e. The maximum Gasteiger partial charge on any atom is 0.161 e. The van der Waals surface area contributed by atoms with Crippen LogP contribution in [0.3, 0.4) is 0 Å². The summed E-state index contributed by atoms with van der Waals surface area (Å²) in [7, 11) is 0. The molecule has 0 spiro atoms. The van der Waals surface area contributed by atoms with Crippen molar-refractivity contribution in [1.29, 1.82) is 5.26 Å². The molecule has 0 N–H and O–H groups in total. The number of para-hydroxylation sites is 1. The van der Waals surface area contributed by atoms with E-state index in [2.05, 4.69) is 18.2 Å². The SMILES string of the molecule is CC1=NC2=C(C(=O)C[C@@H](c3ccccc3)C2)[C@H](c2ccccc2OC(C)C)C1C#N. The van der Waals surface area contributed by atoms with Crippen LogP contribution in [0.25, 0.3) is 0 Å². The summed E-state index contributed by atoms with van der Waals surface area (Å²) < 4.78 is 6.05. The van der Waals surface area contributed by atoms with E-state index in [0.717, 1.165) is 28.3 Å². The number of Topliss-reactive ketones (excluding diaryl/α,β-unsaturated/α-hetero) is 1. The van der Waals surface area contributed by atoms with E-state index in [-0.39, 0.29) is 23.7 Å². The molecule has 1 aliphatic carbocycles. The number of nitrogens with zero attached hydrogens (tertiary/aromatic N) is 2. The van der Waals surface area contributed by atoms with Crippen molar-refractivity contribution in [3.63, 3.8) is 0 Å². The van der Waals surface area contributed by atoms with Crippen molar-refractivity contribution >= 4 is 11.5 Å². The Labute approximate surface area is 177 Å². The minimum atomic E-state index is -0.474. The molecule has 3 atom stereocenters. The van der Waals surface area contributed by atoms with Crippen LogP contribution in [0.15, 0.2) is 70.9 Å². The number of ketones is 1. The molecule has 4 rings (SSSR count). The first-order valence-electron chi connectivity index (χ1n) is 10.5. The van der Waals surface area contributed by atoms with Crippen molar-refractivity contribution < 1.29 is 9.53 Å². The fourth-order valence-electron chi connectivity index (χ4n) is 4.62. The van der Waals surface area contributed by atoms with Crippen LogP contribution in [0, 0.1) is 17.2 Å². The van der Waals surface area contributed by atoms with Crippen LogP contribution in [0.4, 0.5) is 0 Å². The average Bonchev–Trinajstić information content (AvgIpc) is 2.73. The van der Waals surface area contributed by atoms with Gasteiger partial charge in [0.1, 0.15) is 5.75 Å². The minimum absolute atomic E-state index is 0.00279. The van der Waals surface area contributed by atoms with Crippen molar-refractivity contribution in [2.75, 3.05) is 0 Å². The first-order valence-corrected chi connectivity index (χ1v) is 10.5. The lowest BCUT2D eigenvalue weighted by molar-refractivity contribution is -0.116. The summed E-state index contributed by atoms with van der Waals surface area (Å²) in [5.74, 6) is 0.123. The van der Waals surface area contributed by atoms with Crippen LogP contribution in [0.1, 0.15) is 56.6 Å². The van der Waals surface area contributed by atoms with Gasteiger partial charge < -0.3 is 4.74 Å². The molecule has 0 saturated heterocycles. The minimum Gasteiger partial charge on any atom is -0.491 e. The van der Waals surface area contributed by atoms with Gasteiger partial charge in [0, 0.05) is 34.9 Å². The summed E-state index contributed by atoms with van der Waals surface area (Å²) in [4.78, 5) is 18.2. The second-order valence-electron chi connectivity index (χ2n) is 8.34. The molecule has 0 radical (unpaired) electrons. The third-order valence-corrected chi connectivity index (χ3v) is 5.92. The molecular weight excluding hydrogens is 372 g/mol. The third-order valence-electron chi connectivity index (χ3n) is 5.92. The lowest BCUT2D eigenvalue weighted by atomic mass is 9.69. The van der Waals surface area contributed by atoms with Crippen LogP contribution in [0.2, 0.25) is 0 Å². The van der Waals surface area contributed by atoms with E-state index in [1.54, 1.807) is 0 Å². The number of hydrogen-bond donors (Lipinski definition) is 0. The number of rotatable bonds is 4. The van der Waals surface area contributed by atoms with E-state index in [9.17, 15) is 10.1 Å². The van der Waals surface area contributed by atoms with Gasteiger partial charge in [0.2, 0.25) is 0 Å². The Morgan fingerprint density at radius 3 is 2.47 bits per heavy atom. The van der Waals surface area contributed by atoms with Crippen molar-refractivity contribution in [3.8, 4) is 11.8 Å². The number of aliphatic imine (C=N–C) groups is 1. The molecule has 30 heavy (non-hydrogen) atoms. The topological polar surface area (TPSA) is 62.4 Å². The number of carbonyl (C=O) groups is 1. The molecule has 4 nitrogen and oxygen atoms in total. The van der Waals surface area contributed by atoms with Crippen molar-refractivity contribution in [2.24, 2.45) is 10.9 Å². The zero-order chi connectivity index (χ0) is 21.3. The number of benzene rings is 2. The zero-order valence-corrected chi connectivity index (χ0v) is 17.6. The number of hydrogen-bond acceptors (Lipinski definition) is 4. The summed E-state index contributed by atoms with van der Waals surface area (Å²) >= 11 is 0. The maximum absolute atomic E-state index is 13.4. The van der Waals surface area contributed by atoms with Crippen LogP contribution < -0.4 is 4.74 Å². The molecule has 0 aromatic heterocycles. The van der Waals surface area contributed by atoms with Crippen molar-refractivity contribution in [2.45, 2.75) is 51.6 Å². The third kappa shape index (κ3) is 3.68. The van der Waals surface area contributed by atoms with E-state index >= 15 is 0 Å². The molecule has 0 bridgehead atoms. The molecule has 4 heteroatoms. The van der Waals surface area contributed by atoms with Crippen LogP contribution in [-0.4, -0.2) is 17.6 Å². The molecule has 152 valence electrons. The predicted octanol–water partition coefficient (Wildman–Crippen LogP) is 5.57. The van der Waals surface area contributed by atoms with E-state index in [1.807, 2.05) is 63.2 Å². The van der Waals surface area contributed by atoms with Gasteiger partial charge in [-0.15, -0.1) is 0 Å². The molecule has 2 aliphatic rings. The van der Waals surface area contributed by atoms with Crippen LogP contribution in [-0.2, 0) is 4.79 Å². The summed E-state index contributed by atoms with van der Waals surface area (Å²) in [5, 5.41) is 9.97. The number of allylic oxidation sites excluding steroid dienone is 2. The highest BCUT2D eigenvalue weighted by Gasteiger charge is 2.42. The monoisotopic (exact) mass is 398 g/mol. The predicted molar refractivity (Wildman–Crippen MR) is 118 cm³/mol. The van der Waals surface area contributed by atoms with Gasteiger partial charge in [-0.3, -0.25) is 9.79 Å². The van der Waals surface area contributed by atoms with Crippen molar-refractivity contribution in [1.82, 2.24) is 0 Å². The normalized spacial score (nSPS) is 23.6. The van der Waals surface area contributed by atoms with Gasteiger partial charge in [0.15, 0.2) is 5.78 Å². The molecule has 0 amide bonds. The molecule has 1 unspecified atom stereocenters. The average molecular weight is 399 g/mol. The Bertz CT molecular complexity index is 1060. The van der Waals surface area contributed by atoms with Gasteiger partial charge in [-0.2, -0.15) is 5.26 Å². The maximum atomic E-state index is 13.4. The Balaban J connectivity index is 1.82. The highest BCUT2D eigenvalue weighted by Crippen LogP contribution is 2.48. The molecule has 0 fully saturated rings. The van der Waals surface area contributed by atoms with Gasteiger partial charge in [-0.1, -0.05) is 48.5 Å². The van der Waals surface area contributed by atoms with E-state index in [1.165, 1.54) is 0 Å². The standard InChI is InChI=1S/C26H26N2O2/c1-16(2)30-24-12-8-7-11-20(24)25-21(15-27)17(3)28-22-13-19(14-23(29)26(22)25)18-9-5-4-6-10-18/h4-12,16,19,21,25H,13-14H2,1-3H3/t19-,21?,25+/m0/s1. The highest BCUT2D eigenvalue weighted by molar-refractivity contribution is 6.03. The van der Waals surface area contributed by atoms with Gasteiger partial charge in [-0.25, -0.2) is 0 Å². The van der Waals surface area contributed by atoms with Crippen molar-refractivity contribution in [3.05, 3.63) is 77.0 Å². The van der Waals surface area contributed by atoms with Gasteiger partial charge in [0.25, 0.3) is 0 Å². The molecule has 2 aromatic rings. The molecular formula is C26H26N2O2. The van der Waals surface area contributed by atoms with E-state index in [0.29, 0.717) is 18.4 Å². The van der Waals surface area contributed by atoms with E-state index < -0.39 is 5.92 Å². The fourth-order valence-corrected chi connectivity index (χ4v) is 4.62. The smallest absolute Gasteiger partial charge is 0.161 e. The lowest BCUT2D eigenvalue weighted by Crippen LogP contribution is -2.32. The first-order chi connectivity index (χ1) is 14.5. The Morgan fingerprint density at radius 1 is 1.07 bits per heavy atom. The van der Waals surface area contributed by atoms with Gasteiger partial charge >= 0.3 is 0 Å². The summed E-state index contributed by atoms with van der Waals surface area (Å²) in [6.45, 7) is 5.85. The molecule has 2 aromatic carbocycles. The second-order valence-corrected chi connectivity index (χ2v) is 8.34. The molecule has 0 saturated carbocycles. The highest BCUT2D eigenvalue weighted by atomic mass is 16.5. The summed E-state index contributed by atoms with van der Waals surface area (Å²) in [6.07, 6.45) is 1.16. The molecule has 1 heterocycles. The Morgan fingerprint density at radius 2 is 1.77 bits per heavy atom. The second kappa shape index (κ2) is 8.28. The zero-order valence-electron chi connectivity index (χ0n) is 17.6. The Kier molecular flexibility index (Phi) is 5.55. The van der Waals surface area contributed by atoms with Crippen LogP contribution >= 0.6 is 0 Å².